The van der Waals surface area contributed by atoms with Crippen LogP contribution in [0.3, 0.4) is 0 Å². The van der Waals surface area contributed by atoms with Gasteiger partial charge in [0.2, 0.25) is 0 Å². The number of hydrogen-bond donors (Lipinski definition) is 0. The summed E-state index contributed by atoms with van der Waals surface area (Å²) in [6.45, 7) is 0. The van der Waals surface area contributed by atoms with Crippen LogP contribution in [0.25, 0.3) is 12.2 Å². The van der Waals surface area contributed by atoms with Crippen molar-refractivity contribution in [3.05, 3.63) is 107 Å². The molecule has 4 nitrogen and oxygen atoms in total. The van der Waals surface area contributed by atoms with Crippen molar-refractivity contribution >= 4 is 23.7 Å². The molecule has 0 amide bonds. The highest BCUT2D eigenvalue weighted by molar-refractivity contribution is 6.09. The third-order valence-corrected chi connectivity index (χ3v) is 4.50. The molecule has 150 valence electrons. The second kappa shape index (κ2) is 10.0. The Kier molecular flexibility index (Phi) is 6.95. The Labute approximate surface area is 176 Å². The second-order valence-electron chi connectivity index (χ2n) is 6.53. The zero-order valence-corrected chi connectivity index (χ0v) is 16.9. The molecule has 0 spiro atoms. The Morgan fingerprint density at radius 2 is 1.03 bits per heavy atom. The third kappa shape index (κ3) is 5.55. The summed E-state index contributed by atoms with van der Waals surface area (Å²) in [5.41, 5.74) is 2.78. The third-order valence-electron chi connectivity index (χ3n) is 4.50. The van der Waals surface area contributed by atoms with Crippen LogP contribution < -0.4 is 9.47 Å². The van der Waals surface area contributed by atoms with Crippen LogP contribution in [-0.2, 0) is 0 Å². The molecule has 0 radical (unpaired) electrons. The molecule has 0 aliphatic heterocycles. The lowest BCUT2D eigenvalue weighted by Crippen LogP contribution is -1.98. The molecule has 0 saturated heterocycles. The fourth-order valence-electron chi connectivity index (χ4n) is 2.83. The van der Waals surface area contributed by atoms with Gasteiger partial charge >= 0.3 is 0 Å². The Morgan fingerprint density at radius 3 is 1.40 bits per heavy atom. The van der Waals surface area contributed by atoms with Crippen LogP contribution in [0, 0.1) is 0 Å². The summed E-state index contributed by atoms with van der Waals surface area (Å²) in [6.07, 6.45) is 6.49. The van der Waals surface area contributed by atoms with Gasteiger partial charge in [-0.15, -0.1) is 0 Å². The fraction of sp³-hybridized carbons (Fsp3) is 0.0769. The van der Waals surface area contributed by atoms with Crippen molar-refractivity contribution in [2.45, 2.75) is 0 Å². The average Bonchev–Trinajstić information content (AvgIpc) is 2.81. The van der Waals surface area contributed by atoms with E-state index >= 15 is 0 Å². The summed E-state index contributed by atoms with van der Waals surface area (Å²) in [5.74, 6) is 1.19. The standard InChI is InChI=1S/C26H22O4/c1-29-23-7-3-5-19(17-23)9-15-25(27)21-11-13-22(14-12-21)26(28)16-10-20-6-4-8-24(18-20)30-2/h3-18H,1-2H3/b15-9+,16-10+. The Bertz CT molecular complexity index is 1000. The summed E-state index contributed by atoms with van der Waals surface area (Å²) in [6, 6.07) is 21.5. The molecule has 0 bridgehead atoms. The highest BCUT2D eigenvalue weighted by Crippen LogP contribution is 2.16. The molecule has 30 heavy (non-hydrogen) atoms. The van der Waals surface area contributed by atoms with Crippen LogP contribution in [0.4, 0.5) is 0 Å². The summed E-state index contributed by atoms with van der Waals surface area (Å²) < 4.78 is 10.4. The molecule has 0 atom stereocenters. The van der Waals surface area contributed by atoms with E-state index in [9.17, 15) is 9.59 Å². The maximum absolute atomic E-state index is 12.4. The molecule has 3 aromatic carbocycles. The molecular weight excluding hydrogens is 376 g/mol. The van der Waals surface area contributed by atoms with Crippen molar-refractivity contribution in [1.29, 1.82) is 0 Å². The molecule has 0 N–H and O–H groups in total. The number of rotatable bonds is 8. The van der Waals surface area contributed by atoms with Crippen LogP contribution >= 0.6 is 0 Å². The molecule has 3 aromatic rings. The number of benzene rings is 3. The Morgan fingerprint density at radius 1 is 0.633 bits per heavy atom. The van der Waals surface area contributed by atoms with E-state index in [-0.39, 0.29) is 11.6 Å². The normalized spacial score (nSPS) is 11.0. The number of methoxy groups -OCH3 is 2. The van der Waals surface area contributed by atoms with Crippen molar-refractivity contribution in [3.8, 4) is 11.5 Å². The Balaban J connectivity index is 1.66. The number of carbonyl (C=O) groups excluding carboxylic acids is 2. The summed E-state index contributed by atoms with van der Waals surface area (Å²) >= 11 is 0. The first-order chi connectivity index (χ1) is 14.6. The van der Waals surface area contributed by atoms with E-state index in [4.69, 9.17) is 9.47 Å². The number of ketones is 2. The molecule has 0 unspecified atom stereocenters. The van der Waals surface area contributed by atoms with Crippen molar-refractivity contribution in [1.82, 2.24) is 0 Å². The quantitative estimate of drug-likeness (QED) is 0.372. The minimum Gasteiger partial charge on any atom is -0.497 e. The number of carbonyl (C=O) groups is 2. The minimum absolute atomic E-state index is 0.135. The fourth-order valence-corrected chi connectivity index (χ4v) is 2.83. The van der Waals surface area contributed by atoms with E-state index in [0.29, 0.717) is 11.1 Å². The van der Waals surface area contributed by atoms with Crippen molar-refractivity contribution in [2.75, 3.05) is 14.2 Å². The van der Waals surface area contributed by atoms with Gasteiger partial charge in [-0.25, -0.2) is 0 Å². The van der Waals surface area contributed by atoms with Crippen LogP contribution in [0.5, 0.6) is 11.5 Å². The highest BCUT2D eigenvalue weighted by Gasteiger charge is 2.06. The molecule has 0 fully saturated rings. The molecule has 4 heteroatoms. The lowest BCUT2D eigenvalue weighted by Gasteiger charge is -2.01. The van der Waals surface area contributed by atoms with E-state index in [2.05, 4.69) is 0 Å². The zero-order chi connectivity index (χ0) is 21.3. The van der Waals surface area contributed by atoms with Crippen LogP contribution in [0.1, 0.15) is 31.8 Å². The predicted octanol–water partition coefficient (Wildman–Crippen LogP) is 5.50. The maximum atomic E-state index is 12.4. The lowest BCUT2D eigenvalue weighted by atomic mass is 10.0. The van der Waals surface area contributed by atoms with E-state index in [0.717, 1.165) is 22.6 Å². The molecule has 0 aromatic heterocycles. The monoisotopic (exact) mass is 398 g/mol. The minimum atomic E-state index is -0.135. The van der Waals surface area contributed by atoms with Gasteiger partial charge < -0.3 is 9.47 Å². The number of ether oxygens (including phenoxy) is 2. The van der Waals surface area contributed by atoms with E-state index < -0.39 is 0 Å². The highest BCUT2D eigenvalue weighted by atomic mass is 16.5. The Hall–Kier alpha value is -3.92. The van der Waals surface area contributed by atoms with Gasteiger partial charge in [0, 0.05) is 11.1 Å². The van der Waals surface area contributed by atoms with Gasteiger partial charge in [-0.3, -0.25) is 9.59 Å². The van der Waals surface area contributed by atoms with Gasteiger partial charge in [-0.2, -0.15) is 0 Å². The van der Waals surface area contributed by atoms with Gasteiger partial charge in [0.05, 0.1) is 14.2 Å². The molecule has 0 aliphatic rings. The SMILES string of the molecule is COc1cccc(/C=C/C(=O)c2ccc(C(=O)/C=C/c3cccc(OC)c3)cc2)c1. The molecule has 0 saturated carbocycles. The maximum Gasteiger partial charge on any atom is 0.185 e. The molecular formula is C26H22O4. The molecule has 3 rings (SSSR count). The van der Waals surface area contributed by atoms with Crippen LogP contribution in [0.2, 0.25) is 0 Å². The van der Waals surface area contributed by atoms with Gasteiger partial charge in [-0.05, 0) is 47.5 Å². The van der Waals surface area contributed by atoms with Gasteiger partial charge in [0.25, 0.3) is 0 Å². The number of allylic oxidation sites excluding steroid dienone is 2. The first-order valence-corrected chi connectivity index (χ1v) is 9.42. The van der Waals surface area contributed by atoms with Crippen molar-refractivity contribution in [2.24, 2.45) is 0 Å². The van der Waals surface area contributed by atoms with Crippen molar-refractivity contribution < 1.29 is 19.1 Å². The predicted molar refractivity (Wildman–Crippen MR) is 119 cm³/mol. The van der Waals surface area contributed by atoms with Gasteiger partial charge in [-0.1, -0.05) is 60.7 Å². The van der Waals surface area contributed by atoms with E-state index in [1.165, 1.54) is 12.2 Å². The van der Waals surface area contributed by atoms with Crippen LogP contribution in [0.15, 0.2) is 84.9 Å². The zero-order valence-electron chi connectivity index (χ0n) is 16.9. The van der Waals surface area contributed by atoms with E-state index in [1.807, 2.05) is 48.5 Å². The summed E-state index contributed by atoms with van der Waals surface area (Å²) in [7, 11) is 3.20. The average molecular weight is 398 g/mol. The van der Waals surface area contributed by atoms with E-state index in [1.54, 1.807) is 50.6 Å². The first-order valence-electron chi connectivity index (χ1n) is 9.42. The molecule has 0 heterocycles. The van der Waals surface area contributed by atoms with Crippen LogP contribution in [-0.4, -0.2) is 25.8 Å². The lowest BCUT2D eigenvalue weighted by molar-refractivity contribution is 0.103. The summed E-state index contributed by atoms with van der Waals surface area (Å²) in [4.78, 5) is 24.8. The topological polar surface area (TPSA) is 52.6 Å². The van der Waals surface area contributed by atoms with Gasteiger partial charge in [0.1, 0.15) is 11.5 Å². The summed E-state index contributed by atoms with van der Waals surface area (Å²) in [5, 5.41) is 0. The van der Waals surface area contributed by atoms with Crippen molar-refractivity contribution in [3.63, 3.8) is 0 Å². The largest absolute Gasteiger partial charge is 0.497 e. The van der Waals surface area contributed by atoms with Gasteiger partial charge in [0.15, 0.2) is 11.6 Å². The first kappa shape index (κ1) is 20.8. The number of hydrogen-bond acceptors (Lipinski definition) is 4. The second-order valence-corrected chi connectivity index (χ2v) is 6.53. The molecule has 0 aliphatic carbocycles. The smallest absolute Gasteiger partial charge is 0.185 e.